The number of rotatable bonds is 3. The van der Waals surface area contributed by atoms with Crippen LogP contribution >= 0.6 is 33.9 Å². The molecule has 1 aromatic carbocycles. The standard InChI is InChI=1S/C17H18F3IN2S/c18-17(19,20)8-11-10-2-1-3-12(14(10)24-15(11)21)23-13-4-7-22-9-16(13)5-6-16/h1-3,13,22-23H,4-9H2. The van der Waals surface area contributed by atoms with E-state index in [1.807, 2.05) is 40.8 Å². The van der Waals surface area contributed by atoms with Gasteiger partial charge in [-0.2, -0.15) is 13.2 Å². The van der Waals surface area contributed by atoms with E-state index in [1.54, 1.807) is 0 Å². The fourth-order valence-electron chi connectivity index (χ4n) is 3.73. The van der Waals surface area contributed by atoms with Gasteiger partial charge in [-0.05, 0) is 65.4 Å². The Bertz CT molecular complexity index is 767. The number of hydrogen-bond donors (Lipinski definition) is 2. The van der Waals surface area contributed by atoms with Crippen molar-refractivity contribution in [3.8, 4) is 0 Å². The molecule has 0 bridgehead atoms. The van der Waals surface area contributed by atoms with Gasteiger partial charge in [0, 0.05) is 18.0 Å². The van der Waals surface area contributed by atoms with Gasteiger partial charge in [-0.1, -0.05) is 12.1 Å². The van der Waals surface area contributed by atoms with Crippen LogP contribution in [0.25, 0.3) is 10.1 Å². The number of hydrogen-bond acceptors (Lipinski definition) is 3. The largest absolute Gasteiger partial charge is 0.393 e. The number of thiophene rings is 1. The van der Waals surface area contributed by atoms with E-state index in [9.17, 15) is 13.2 Å². The fourth-order valence-corrected chi connectivity index (χ4v) is 5.90. The molecule has 2 aromatic rings. The summed E-state index contributed by atoms with van der Waals surface area (Å²) in [7, 11) is 0. The van der Waals surface area contributed by atoms with Crippen LogP contribution in [0.1, 0.15) is 24.8 Å². The van der Waals surface area contributed by atoms with Crippen molar-refractivity contribution >= 4 is 49.7 Å². The SMILES string of the molecule is FC(F)(F)Cc1c(I)sc2c(NC3CCNCC34CC4)cccc12. The van der Waals surface area contributed by atoms with Crippen LogP contribution in [-0.2, 0) is 6.42 Å². The highest BCUT2D eigenvalue weighted by Crippen LogP contribution is 2.52. The van der Waals surface area contributed by atoms with Gasteiger partial charge < -0.3 is 10.6 Å². The Balaban J connectivity index is 1.68. The molecule has 1 aliphatic heterocycles. The third kappa shape index (κ3) is 3.14. The van der Waals surface area contributed by atoms with Crippen LogP contribution in [0.2, 0.25) is 0 Å². The predicted molar refractivity (Wildman–Crippen MR) is 101 cm³/mol. The second-order valence-electron chi connectivity index (χ2n) is 6.85. The van der Waals surface area contributed by atoms with E-state index < -0.39 is 12.6 Å². The van der Waals surface area contributed by atoms with Gasteiger partial charge in [0.25, 0.3) is 0 Å². The third-order valence-corrected chi connectivity index (χ3v) is 7.58. The van der Waals surface area contributed by atoms with E-state index in [4.69, 9.17) is 0 Å². The van der Waals surface area contributed by atoms with Crippen LogP contribution in [0.15, 0.2) is 18.2 Å². The Hall–Kier alpha value is -0.540. The lowest BCUT2D eigenvalue weighted by Gasteiger charge is -2.34. The molecule has 2 nitrogen and oxygen atoms in total. The zero-order valence-corrected chi connectivity index (χ0v) is 15.9. The molecule has 2 N–H and O–H groups in total. The van der Waals surface area contributed by atoms with E-state index in [2.05, 4.69) is 10.6 Å². The summed E-state index contributed by atoms with van der Waals surface area (Å²) in [5.41, 5.74) is 1.75. The van der Waals surface area contributed by atoms with Gasteiger partial charge in [0.05, 0.1) is 19.7 Å². The van der Waals surface area contributed by atoms with Gasteiger partial charge in [0.15, 0.2) is 0 Å². The van der Waals surface area contributed by atoms with E-state index in [0.29, 0.717) is 17.0 Å². The highest BCUT2D eigenvalue weighted by Gasteiger charge is 2.50. The zero-order valence-electron chi connectivity index (χ0n) is 13.0. The van der Waals surface area contributed by atoms with Gasteiger partial charge in [0.1, 0.15) is 0 Å². The maximum Gasteiger partial charge on any atom is 0.393 e. The summed E-state index contributed by atoms with van der Waals surface area (Å²) < 4.78 is 40.4. The molecule has 1 spiro atoms. The quantitative estimate of drug-likeness (QED) is 0.611. The molecule has 1 atom stereocenters. The lowest BCUT2D eigenvalue weighted by molar-refractivity contribution is -0.127. The number of benzene rings is 1. The molecule has 1 saturated heterocycles. The van der Waals surface area contributed by atoms with Crippen molar-refractivity contribution in [3.63, 3.8) is 0 Å². The summed E-state index contributed by atoms with van der Waals surface area (Å²) >= 11 is 3.50. The Morgan fingerprint density at radius 2 is 2.12 bits per heavy atom. The number of piperidine rings is 1. The summed E-state index contributed by atoms with van der Waals surface area (Å²) in [6.07, 6.45) is -1.51. The van der Waals surface area contributed by atoms with Crippen molar-refractivity contribution in [1.29, 1.82) is 0 Å². The minimum atomic E-state index is -4.18. The molecule has 1 saturated carbocycles. The topological polar surface area (TPSA) is 24.1 Å². The van der Waals surface area contributed by atoms with E-state index in [-0.39, 0.29) is 0 Å². The van der Waals surface area contributed by atoms with Crippen LogP contribution < -0.4 is 10.6 Å². The van der Waals surface area contributed by atoms with Crippen LogP contribution in [0, 0.1) is 8.30 Å². The van der Waals surface area contributed by atoms with Crippen LogP contribution in [0.5, 0.6) is 0 Å². The van der Waals surface area contributed by atoms with Crippen molar-refractivity contribution in [1.82, 2.24) is 5.32 Å². The average Bonchev–Trinajstić information content (AvgIpc) is 3.21. The zero-order chi connectivity index (χ0) is 16.9. The molecule has 1 aromatic heterocycles. The number of fused-ring (bicyclic) bond motifs is 1. The van der Waals surface area contributed by atoms with E-state index in [0.717, 1.165) is 38.2 Å². The van der Waals surface area contributed by atoms with Crippen LogP contribution in [0.4, 0.5) is 18.9 Å². The minimum absolute atomic E-state index is 0.347. The second-order valence-corrected chi connectivity index (χ2v) is 9.68. The summed E-state index contributed by atoms with van der Waals surface area (Å²) in [5.74, 6) is 0. The smallest absolute Gasteiger partial charge is 0.380 e. The Kier molecular flexibility index (Phi) is 4.24. The molecular weight excluding hydrogens is 448 g/mol. The predicted octanol–water partition coefficient (Wildman–Crippen LogP) is 5.16. The normalized spacial score (nSPS) is 22.9. The van der Waals surface area contributed by atoms with Crippen molar-refractivity contribution in [2.24, 2.45) is 5.41 Å². The van der Waals surface area contributed by atoms with Crippen molar-refractivity contribution in [2.45, 2.75) is 37.9 Å². The highest BCUT2D eigenvalue weighted by molar-refractivity contribution is 14.1. The van der Waals surface area contributed by atoms with E-state index >= 15 is 0 Å². The lowest BCUT2D eigenvalue weighted by atomic mass is 9.90. The number of alkyl halides is 3. The molecule has 0 radical (unpaired) electrons. The van der Waals surface area contributed by atoms with Gasteiger partial charge >= 0.3 is 6.18 Å². The van der Waals surface area contributed by atoms with Crippen molar-refractivity contribution < 1.29 is 13.2 Å². The molecule has 1 aliphatic carbocycles. The molecule has 2 aliphatic rings. The molecule has 2 fully saturated rings. The monoisotopic (exact) mass is 466 g/mol. The first-order valence-electron chi connectivity index (χ1n) is 8.12. The number of anilines is 1. The highest BCUT2D eigenvalue weighted by atomic mass is 127. The summed E-state index contributed by atoms with van der Waals surface area (Å²) in [6.45, 7) is 2.04. The molecule has 7 heteroatoms. The van der Waals surface area contributed by atoms with E-state index in [1.165, 1.54) is 24.2 Å². The summed E-state index contributed by atoms with van der Waals surface area (Å²) in [6, 6.07) is 6.10. The maximum atomic E-state index is 12.9. The fraction of sp³-hybridized carbons (Fsp3) is 0.529. The van der Waals surface area contributed by atoms with Crippen LogP contribution in [0.3, 0.4) is 0 Å². The lowest BCUT2D eigenvalue weighted by Crippen LogP contribution is -2.45. The summed E-state index contributed by atoms with van der Waals surface area (Å²) in [5, 5.41) is 7.87. The third-order valence-electron chi connectivity index (χ3n) is 5.19. The number of nitrogens with one attached hydrogen (secondary N) is 2. The molecular formula is C17H18F3IN2S. The van der Waals surface area contributed by atoms with Crippen LogP contribution in [-0.4, -0.2) is 25.3 Å². The van der Waals surface area contributed by atoms with Gasteiger partial charge in [-0.15, -0.1) is 11.3 Å². The van der Waals surface area contributed by atoms with Crippen molar-refractivity contribution in [2.75, 3.05) is 18.4 Å². The summed E-state index contributed by atoms with van der Waals surface area (Å²) in [4.78, 5) is 0. The Morgan fingerprint density at radius 3 is 2.83 bits per heavy atom. The van der Waals surface area contributed by atoms with Gasteiger partial charge in [-0.25, -0.2) is 0 Å². The Morgan fingerprint density at radius 1 is 1.33 bits per heavy atom. The minimum Gasteiger partial charge on any atom is -0.380 e. The molecule has 24 heavy (non-hydrogen) atoms. The van der Waals surface area contributed by atoms with Gasteiger partial charge in [-0.3, -0.25) is 0 Å². The molecule has 130 valence electrons. The first-order valence-corrected chi connectivity index (χ1v) is 10.0. The molecule has 0 amide bonds. The van der Waals surface area contributed by atoms with Crippen molar-refractivity contribution in [3.05, 3.63) is 26.6 Å². The van der Waals surface area contributed by atoms with Gasteiger partial charge in [0.2, 0.25) is 0 Å². The molecule has 4 rings (SSSR count). The molecule has 2 heterocycles. The number of halogens is 4. The Labute approximate surface area is 156 Å². The molecule has 1 unspecified atom stereocenters. The first kappa shape index (κ1) is 16.9. The second kappa shape index (κ2) is 6.02. The maximum absolute atomic E-state index is 12.9. The first-order chi connectivity index (χ1) is 11.4. The average molecular weight is 466 g/mol.